The number of hydrogen-bond acceptors (Lipinski definition) is 4. The van der Waals surface area contributed by atoms with Crippen LogP contribution in [0.5, 0.6) is 0 Å². The van der Waals surface area contributed by atoms with Crippen LogP contribution < -0.4 is 5.32 Å². The van der Waals surface area contributed by atoms with Gasteiger partial charge in [0.1, 0.15) is 0 Å². The molecular weight excluding hydrogens is 282 g/mol. The smallest absolute Gasteiger partial charge is 0.254 e. The van der Waals surface area contributed by atoms with Gasteiger partial charge in [-0.15, -0.1) is 0 Å². The molecule has 1 aliphatic rings. The van der Waals surface area contributed by atoms with Gasteiger partial charge in [0.05, 0.1) is 24.0 Å². The molecule has 124 valence electrons. The predicted octanol–water partition coefficient (Wildman–Crippen LogP) is 1.71. The van der Waals surface area contributed by atoms with Gasteiger partial charge in [0.25, 0.3) is 5.91 Å². The average Bonchev–Trinajstić information content (AvgIpc) is 3.06. The van der Waals surface area contributed by atoms with Gasteiger partial charge in [0.2, 0.25) is 0 Å². The molecule has 22 heavy (non-hydrogen) atoms. The summed E-state index contributed by atoms with van der Waals surface area (Å²) in [5.41, 5.74) is 1.45. The van der Waals surface area contributed by atoms with Gasteiger partial charge in [-0.1, -0.05) is 20.8 Å². The number of carbonyl (C=O) groups excluding carboxylic acids is 1. The summed E-state index contributed by atoms with van der Waals surface area (Å²) < 4.78 is 12.6. The maximum Gasteiger partial charge on any atom is 0.254 e. The number of amides is 1. The van der Waals surface area contributed by atoms with Crippen molar-refractivity contribution in [2.75, 3.05) is 26.9 Å². The van der Waals surface area contributed by atoms with Gasteiger partial charge in [0, 0.05) is 39.4 Å². The minimum absolute atomic E-state index is 0.0287. The number of hydrogen-bond donors (Lipinski definition) is 1. The maximum atomic E-state index is 12.5. The predicted molar refractivity (Wildman–Crippen MR) is 84.0 cm³/mol. The number of aryl methyl sites for hydroxylation is 1. The largest absolute Gasteiger partial charge is 0.381 e. The number of carbonyl (C=O) groups is 1. The van der Waals surface area contributed by atoms with Crippen LogP contribution in [0.15, 0.2) is 6.20 Å². The van der Waals surface area contributed by atoms with E-state index in [4.69, 9.17) is 9.47 Å². The van der Waals surface area contributed by atoms with E-state index in [0.29, 0.717) is 18.7 Å². The fourth-order valence-corrected chi connectivity index (χ4v) is 2.76. The standard InChI is InChI=1S/C16H27N3O3/c1-16(2,3)13(21-5)8-17-15(20)12-9-19(4)18-14(12)11-6-7-22-10-11/h9,11,13H,6-8,10H2,1-5H3,(H,17,20)/t11-,13-/m1/s1. The third kappa shape index (κ3) is 3.87. The quantitative estimate of drug-likeness (QED) is 0.899. The van der Waals surface area contributed by atoms with Crippen LogP contribution in [0.3, 0.4) is 0 Å². The summed E-state index contributed by atoms with van der Waals surface area (Å²) in [6.07, 6.45) is 2.66. The molecule has 1 amide bonds. The molecule has 6 heteroatoms. The Hall–Kier alpha value is -1.40. The molecule has 1 aromatic heterocycles. The molecule has 0 unspecified atom stereocenters. The molecule has 1 saturated heterocycles. The monoisotopic (exact) mass is 309 g/mol. The first-order chi connectivity index (χ1) is 10.3. The van der Waals surface area contributed by atoms with E-state index < -0.39 is 0 Å². The molecule has 1 N–H and O–H groups in total. The minimum atomic E-state index is -0.0960. The number of aromatic nitrogens is 2. The number of ether oxygens (including phenoxy) is 2. The number of rotatable bonds is 5. The van der Waals surface area contributed by atoms with Gasteiger partial charge in [-0.3, -0.25) is 9.48 Å². The molecule has 0 spiro atoms. The molecule has 0 aromatic carbocycles. The molecule has 0 bridgehead atoms. The van der Waals surface area contributed by atoms with Crippen LogP contribution in [-0.4, -0.2) is 48.7 Å². The van der Waals surface area contributed by atoms with E-state index in [0.717, 1.165) is 18.7 Å². The lowest BCUT2D eigenvalue weighted by atomic mass is 9.89. The molecule has 1 aliphatic heterocycles. The zero-order valence-electron chi connectivity index (χ0n) is 14.2. The van der Waals surface area contributed by atoms with Crippen LogP contribution in [-0.2, 0) is 16.5 Å². The Bertz CT molecular complexity index is 513. The fourth-order valence-electron chi connectivity index (χ4n) is 2.76. The average molecular weight is 309 g/mol. The number of nitrogens with zero attached hydrogens (tertiary/aromatic N) is 2. The van der Waals surface area contributed by atoms with Gasteiger partial charge in [-0.05, 0) is 11.8 Å². The van der Waals surface area contributed by atoms with Crippen LogP contribution in [0.4, 0.5) is 0 Å². The molecule has 1 aromatic rings. The molecule has 0 aliphatic carbocycles. The van der Waals surface area contributed by atoms with Crippen LogP contribution in [0.25, 0.3) is 0 Å². The molecule has 0 saturated carbocycles. The number of methoxy groups -OCH3 is 1. The van der Waals surface area contributed by atoms with E-state index in [1.807, 2.05) is 7.05 Å². The van der Waals surface area contributed by atoms with Crippen molar-refractivity contribution >= 4 is 5.91 Å². The van der Waals surface area contributed by atoms with Crippen molar-refractivity contribution in [1.82, 2.24) is 15.1 Å². The molecule has 6 nitrogen and oxygen atoms in total. The normalized spacial score (nSPS) is 20.1. The Labute approximate surface area is 132 Å². The summed E-state index contributed by atoms with van der Waals surface area (Å²) in [5.74, 6) is 0.115. The summed E-state index contributed by atoms with van der Waals surface area (Å²) >= 11 is 0. The van der Waals surface area contributed by atoms with E-state index in [1.165, 1.54) is 0 Å². The lowest BCUT2D eigenvalue weighted by Crippen LogP contribution is -2.40. The summed E-state index contributed by atoms with van der Waals surface area (Å²) in [6.45, 7) is 8.14. The lowest BCUT2D eigenvalue weighted by Gasteiger charge is -2.29. The molecule has 1 fully saturated rings. The van der Waals surface area contributed by atoms with Crippen LogP contribution in [0.2, 0.25) is 0 Å². The molecular formula is C16H27N3O3. The van der Waals surface area contributed by atoms with Crippen molar-refractivity contribution in [3.8, 4) is 0 Å². The second kappa shape index (κ2) is 6.79. The highest BCUT2D eigenvalue weighted by atomic mass is 16.5. The highest BCUT2D eigenvalue weighted by Crippen LogP contribution is 2.27. The van der Waals surface area contributed by atoms with Gasteiger partial charge in [0.15, 0.2) is 0 Å². The van der Waals surface area contributed by atoms with Gasteiger partial charge >= 0.3 is 0 Å². The zero-order chi connectivity index (χ0) is 16.3. The first kappa shape index (κ1) is 17.0. The van der Waals surface area contributed by atoms with Crippen molar-refractivity contribution in [3.63, 3.8) is 0 Å². The summed E-state index contributed by atoms with van der Waals surface area (Å²) in [5, 5.41) is 7.43. The summed E-state index contributed by atoms with van der Waals surface area (Å²) in [4.78, 5) is 12.5. The Morgan fingerprint density at radius 1 is 1.59 bits per heavy atom. The summed E-state index contributed by atoms with van der Waals surface area (Å²) in [7, 11) is 3.51. The topological polar surface area (TPSA) is 65.4 Å². The third-order valence-corrected chi connectivity index (χ3v) is 4.12. The van der Waals surface area contributed by atoms with Crippen LogP contribution in [0, 0.1) is 5.41 Å². The van der Waals surface area contributed by atoms with Crippen LogP contribution >= 0.6 is 0 Å². The van der Waals surface area contributed by atoms with Crippen LogP contribution in [0.1, 0.15) is 49.2 Å². The molecule has 2 atom stereocenters. The zero-order valence-corrected chi connectivity index (χ0v) is 14.2. The maximum absolute atomic E-state index is 12.5. The first-order valence-corrected chi connectivity index (χ1v) is 7.75. The van der Waals surface area contributed by atoms with Gasteiger partial charge in [-0.2, -0.15) is 5.10 Å². The van der Waals surface area contributed by atoms with Crippen molar-refractivity contribution in [1.29, 1.82) is 0 Å². The van der Waals surface area contributed by atoms with Crippen molar-refractivity contribution in [3.05, 3.63) is 17.5 Å². The first-order valence-electron chi connectivity index (χ1n) is 7.75. The van der Waals surface area contributed by atoms with E-state index in [-0.39, 0.29) is 23.3 Å². The van der Waals surface area contributed by atoms with Crippen molar-refractivity contribution < 1.29 is 14.3 Å². The second-order valence-electron chi connectivity index (χ2n) is 6.96. The van der Waals surface area contributed by atoms with Crippen molar-refractivity contribution in [2.24, 2.45) is 12.5 Å². The van der Waals surface area contributed by atoms with Gasteiger partial charge < -0.3 is 14.8 Å². The number of nitrogens with one attached hydrogen (secondary N) is 1. The highest BCUT2D eigenvalue weighted by Gasteiger charge is 2.28. The Morgan fingerprint density at radius 3 is 2.86 bits per heavy atom. The fraction of sp³-hybridized carbons (Fsp3) is 0.750. The molecule has 2 rings (SSSR count). The Kier molecular flexibility index (Phi) is 5.24. The third-order valence-electron chi connectivity index (χ3n) is 4.12. The lowest BCUT2D eigenvalue weighted by molar-refractivity contribution is 0.0175. The molecule has 0 radical (unpaired) electrons. The second-order valence-corrected chi connectivity index (χ2v) is 6.96. The Balaban J connectivity index is 2.06. The van der Waals surface area contributed by atoms with E-state index >= 15 is 0 Å². The van der Waals surface area contributed by atoms with E-state index in [2.05, 4.69) is 31.2 Å². The van der Waals surface area contributed by atoms with Gasteiger partial charge in [-0.25, -0.2) is 0 Å². The van der Waals surface area contributed by atoms with E-state index in [1.54, 1.807) is 18.0 Å². The minimum Gasteiger partial charge on any atom is -0.381 e. The summed E-state index contributed by atoms with van der Waals surface area (Å²) in [6, 6.07) is 0. The van der Waals surface area contributed by atoms with E-state index in [9.17, 15) is 4.79 Å². The SMILES string of the molecule is CO[C@H](CNC(=O)c1cn(C)nc1[C@@H]1CCOC1)C(C)(C)C. The molecule has 2 heterocycles. The Morgan fingerprint density at radius 2 is 2.32 bits per heavy atom. The van der Waals surface area contributed by atoms with Crippen molar-refractivity contribution in [2.45, 2.75) is 39.2 Å². The highest BCUT2D eigenvalue weighted by molar-refractivity contribution is 5.95.